The molecule has 0 amide bonds. The number of carbonyl (C=O) groups is 1. The van der Waals surface area contributed by atoms with Gasteiger partial charge in [0.15, 0.2) is 5.82 Å². The molecule has 3 aliphatic heterocycles. The summed E-state index contributed by atoms with van der Waals surface area (Å²) in [5.74, 6) is 2.17. The Balaban J connectivity index is 1.24. The first-order chi connectivity index (χ1) is 13.6. The van der Waals surface area contributed by atoms with Crippen LogP contribution < -0.4 is 10.6 Å². The monoisotopic (exact) mass is 395 g/mol. The molecule has 144 valence electrons. The van der Waals surface area contributed by atoms with E-state index < -0.39 is 0 Å². The van der Waals surface area contributed by atoms with Gasteiger partial charge in [-0.05, 0) is 44.1 Å². The van der Waals surface area contributed by atoms with Crippen molar-refractivity contribution in [2.45, 2.75) is 56.3 Å². The molecule has 3 aromatic rings. The molecule has 3 N–H and O–H groups in total. The number of aryl methyl sites for hydroxylation is 1. The van der Waals surface area contributed by atoms with Gasteiger partial charge in [-0.1, -0.05) is 0 Å². The SMILES string of the molecule is Cc1cc(Nc2nc(NC3CC4CC5(C=O)CC(C3)N45)nc3sccc23)n[nH]1. The highest BCUT2D eigenvalue weighted by atomic mass is 32.1. The summed E-state index contributed by atoms with van der Waals surface area (Å²) in [4.78, 5) is 24.2. The molecule has 0 radical (unpaired) electrons. The Labute approximate surface area is 165 Å². The van der Waals surface area contributed by atoms with Crippen LogP contribution in [0.2, 0.25) is 0 Å². The Morgan fingerprint density at radius 3 is 2.86 bits per heavy atom. The summed E-state index contributed by atoms with van der Waals surface area (Å²) in [7, 11) is 0. The number of nitrogens with one attached hydrogen (secondary N) is 3. The van der Waals surface area contributed by atoms with Crippen LogP contribution in [0.25, 0.3) is 10.2 Å². The molecule has 6 heterocycles. The van der Waals surface area contributed by atoms with E-state index in [9.17, 15) is 4.79 Å². The van der Waals surface area contributed by atoms with Crippen molar-refractivity contribution in [3.63, 3.8) is 0 Å². The number of H-pyrrole nitrogens is 1. The van der Waals surface area contributed by atoms with Gasteiger partial charge in [-0.2, -0.15) is 10.1 Å². The van der Waals surface area contributed by atoms with Gasteiger partial charge in [0, 0.05) is 29.9 Å². The summed E-state index contributed by atoms with van der Waals surface area (Å²) in [6.07, 6.45) is 5.25. The van der Waals surface area contributed by atoms with Crippen molar-refractivity contribution in [2.24, 2.45) is 0 Å². The van der Waals surface area contributed by atoms with E-state index in [1.165, 1.54) is 0 Å². The molecule has 8 nitrogen and oxygen atoms in total. The lowest BCUT2D eigenvalue weighted by atomic mass is 9.60. The highest BCUT2D eigenvalue weighted by Gasteiger charge is 2.65. The van der Waals surface area contributed by atoms with Crippen LogP contribution >= 0.6 is 11.3 Å². The Morgan fingerprint density at radius 1 is 1.32 bits per heavy atom. The number of hydrogen-bond acceptors (Lipinski definition) is 8. The maximum absolute atomic E-state index is 11.4. The minimum Gasteiger partial charge on any atom is -0.351 e. The second kappa shape index (κ2) is 5.74. The number of carbonyl (C=O) groups excluding carboxylic acids is 1. The van der Waals surface area contributed by atoms with Crippen molar-refractivity contribution < 1.29 is 4.79 Å². The average Bonchev–Trinajstić information content (AvgIpc) is 3.26. The van der Waals surface area contributed by atoms with Gasteiger partial charge in [-0.3, -0.25) is 10.00 Å². The number of hydrogen-bond donors (Lipinski definition) is 3. The lowest BCUT2D eigenvalue weighted by Crippen LogP contribution is -2.82. The van der Waals surface area contributed by atoms with E-state index in [-0.39, 0.29) is 5.54 Å². The molecular weight excluding hydrogens is 374 g/mol. The number of aromatic nitrogens is 4. The third-order valence-corrected chi connectivity index (χ3v) is 7.23. The van der Waals surface area contributed by atoms with Gasteiger partial charge in [0.05, 0.1) is 10.9 Å². The maximum atomic E-state index is 11.4. The fraction of sp³-hybridized carbons (Fsp3) is 0.474. The summed E-state index contributed by atoms with van der Waals surface area (Å²) in [6.45, 7) is 1.97. The molecule has 3 aliphatic rings. The summed E-state index contributed by atoms with van der Waals surface area (Å²) in [6, 6.07) is 5.37. The predicted octanol–water partition coefficient (Wildman–Crippen LogP) is 2.83. The third kappa shape index (κ3) is 2.32. The molecule has 6 rings (SSSR count). The molecule has 2 atom stereocenters. The first kappa shape index (κ1) is 16.4. The molecule has 0 aliphatic carbocycles. The number of anilines is 3. The summed E-state index contributed by atoms with van der Waals surface area (Å²) >= 11 is 1.61. The van der Waals surface area contributed by atoms with Crippen LogP contribution in [-0.2, 0) is 4.79 Å². The van der Waals surface area contributed by atoms with Crippen molar-refractivity contribution in [1.82, 2.24) is 25.1 Å². The van der Waals surface area contributed by atoms with Gasteiger partial charge in [-0.25, -0.2) is 4.98 Å². The average molecular weight is 395 g/mol. The standard InChI is InChI=1S/C19H21N7OS/c1-10-4-15(25-24-10)21-16-14-2-3-28-17(14)23-18(22-16)20-11-5-12-7-19(9-27)8-13(6-11)26(12)19/h2-4,9,11-13H,5-8H2,1H3,(H3,20,21,22,23,24,25). The highest BCUT2D eigenvalue weighted by molar-refractivity contribution is 7.16. The largest absolute Gasteiger partial charge is 0.351 e. The zero-order chi connectivity index (χ0) is 18.9. The van der Waals surface area contributed by atoms with Crippen molar-refractivity contribution in [3.05, 3.63) is 23.2 Å². The van der Waals surface area contributed by atoms with Crippen molar-refractivity contribution in [3.8, 4) is 0 Å². The van der Waals surface area contributed by atoms with Crippen LogP contribution in [0.4, 0.5) is 17.6 Å². The molecular formula is C19H21N7OS. The van der Waals surface area contributed by atoms with Gasteiger partial charge in [0.2, 0.25) is 5.95 Å². The van der Waals surface area contributed by atoms with Crippen molar-refractivity contribution >= 4 is 45.4 Å². The van der Waals surface area contributed by atoms with E-state index in [0.29, 0.717) is 24.1 Å². The quantitative estimate of drug-likeness (QED) is 0.571. The number of aromatic amines is 1. The first-order valence-electron chi connectivity index (χ1n) is 9.69. The van der Waals surface area contributed by atoms with Crippen LogP contribution in [0.1, 0.15) is 31.4 Å². The second-order valence-electron chi connectivity index (χ2n) is 8.25. The molecule has 28 heavy (non-hydrogen) atoms. The van der Waals surface area contributed by atoms with E-state index in [1.54, 1.807) is 11.3 Å². The zero-order valence-corrected chi connectivity index (χ0v) is 16.3. The fourth-order valence-electron chi connectivity index (χ4n) is 5.33. The topological polar surface area (TPSA) is 98.8 Å². The lowest BCUT2D eigenvalue weighted by molar-refractivity contribution is -0.208. The van der Waals surface area contributed by atoms with Gasteiger partial charge >= 0.3 is 0 Å². The molecule has 3 aromatic heterocycles. The van der Waals surface area contributed by atoms with Crippen LogP contribution in [0.15, 0.2) is 17.5 Å². The minimum absolute atomic E-state index is 0.120. The number of thiophene rings is 1. The number of nitrogens with zero attached hydrogens (tertiary/aromatic N) is 4. The molecule has 9 heteroatoms. The molecule has 0 spiro atoms. The normalized spacial score (nSPS) is 31.0. The minimum atomic E-state index is -0.120. The lowest BCUT2D eigenvalue weighted by Gasteiger charge is -2.71. The van der Waals surface area contributed by atoms with E-state index in [4.69, 9.17) is 9.97 Å². The zero-order valence-electron chi connectivity index (χ0n) is 15.5. The van der Waals surface area contributed by atoms with Crippen LogP contribution in [0, 0.1) is 6.92 Å². The number of rotatable bonds is 5. The fourth-order valence-corrected chi connectivity index (χ4v) is 6.09. The van der Waals surface area contributed by atoms with E-state index in [2.05, 4.69) is 25.7 Å². The summed E-state index contributed by atoms with van der Waals surface area (Å²) in [5.41, 5.74) is 0.876. The van der Waals surface area contributed by atoms with Gasteiger partial charge in [0.25, 0.3) is 0 Å². The van der Waals surface area contributed by atoms with Crippen LogP contribution in [0.5, 0.6) is 0 Å². The smallest absolute Gasteiger partial charge is 0.226 e. The third-order valence-electron chi connectivity index (χ3n) is 6.42. The molecule has 2 unspecified atom stereocenters. The summed E-state index contributed by atoms with van der Waals surface area (Å²) in [5, 5.41) is 17.1. The predicted molar refractivity (Wildman–Crippen MR) is 108 cm³/mol. The van der Waals surface area contributed by atoms with Gasteiger partial charge in [0.1, 0.15) is 16.9 Å². The van der Waals surface area contributed by atoms with E-state index >= 15 is 0 Å². The van der Waals surface area contributed by atoms with Crippen molar-refractivity contribution in [1.29, 1.82) is 0 Å². The van der Waals surface area contributed by atoms with Gasteiger partial charge < -0.3 is 15.4 Å². The highest BCUT2D eigenvalue weighted by Crippen LogP contribution is 2.55. The maximum Gasteiger partial charge on any atom is 0.226 e. The molecule has 0 saturated carbocycles. The Bertz CT molecular complexity index is 1060. The first-order valence-corrected chi connectivity index (χ1v) is 10.6. The van der Waals surface area contributed by atoms with E-state index in [1.807, 2.05) is 24.4 Å². The summed E-state index contributed by atoms with van der Waals surface area (Å²) < 4.78 is 0. The van der Waals surface area contributed by atoms with E-state index in [0.717, 1.165) is 59.5 Å². The van der Waals surface area contributed by atoms with Crippen LogP contribution in [-0.4, -0.2) is 55.0 Å². The molecule has 3 saturated heterocycles. The second-order valence-corrected chi connectivity index (χ2v) is 9.15. The molecule has 0 aromatic carbocycles. The van der Waals surface area contributed by atoms with Crippen LogP contribution in [0.3, 0.4) is 0 Å². The Hall–Kier alpha value is -2.52. The Kier molecular flexibility index (Phi) is 3.37. The van der Waals surface area contributed by atoms with Gasteiger partial charge in [-0.15, -0.1) is 11.3 Å². The number of piperidine rings is 2. The van der Waals surface area contributed by atoms with Crippen molar-refractivity contribution in [2.75, 3.05) is 10.6 Å². The molecule has 3 fully saturated rings. The Morgan fingerprint density at radius 2 is 2.14 bits per heavy atom. The number of fused-ring (bicyclic) bond motifs is 1. The number of aldehydes is 1. The molecule has 0 bridgehead atoms.